The third-order valence-corrected chi connectivity index (χ3v) is 4.63. The minimum absolute atomic E-state index is 0.0220. The minimum Gasteiger partial charge on any atom is -0.480 e. The molecule has 0 aliphatic carbocycles. The molecule has 0 spiro atoms. The van der Waals surface area contributed by atoms with Crippen molar-refractivity contribution >= 4 is 29.3 Å². The summed E-state index contributed by atoms with van der Waals surface area (Å²) in [5.41, 5.74) is 1.75. The van der Waals surface area contributed by atoms with E-state index < -0.39 is 16.5 Å². The van der Waals surface area contributed by atoms with Gasteiger partial charge in [0, 0.05) is 5.69 Å². The van der Waals surface area contributed by atoms with Crippen molar-refractivity contribution in [2.75, 3.05) is 5.32 Å². The molecule has 110 valence electrons. The first-order valence-corrected chi connectivity index (χ1v) is 7.52. The zero-order chi connectivity index (χ0) is 15.3. The van der Waals surface area contributed by atoms with Gasteiger partial charge >= 0.3 is 5.97 Å². The fourth-order valence-electron chi connectivity index (χ4n) is 1.73. The number of nitrogens with one attached hydrogen (secondary N) is 1. The van der Waals surface area contributed by atoms with Gasteiger partial charge in [-0.15, -0.1) is 11.8 Å². The first-order valence-electron chi connectivity index (χ1n) is 6.57. The molecule has 4 nitrogen and oxygen atoms in total. The summed E-state index contributed by atoms with van der Waals surface area (Å²) >= 11 is 1.18. The van der Waals surface area contributed by atoms with Crippen LogP contribution in [0.3, 0.4) is 0 Å². The Kier molecular flexibility index (Phi) is 6.07. The number of anilines is 1. The quantitative estimate of drug-likeness (QED) is 0.846. The first-order chi connectivity index (χ1) is 9.32. The summed E-state index contributed by atoms with van der Waals surface area (Å²) in [5, 5.41) is 11.0. The van der Waals surface area contributed by atoms with Crippen molar-refractivity contribution in [3.05, 3.63) is 29.8 Å². The van der Waals surface area contributed by atoms with Crippen LogP contribution in [0.2, 0.25) is 0 Å². The average Bonchev–Trinajstić information content (AvgIpc) is 2.37. The Morgan fingerprint density at radius 3 is 2.30 bits per heavy atom. The standard InChI is InChI=1S/C15H21NO3S/c1-9(2)13(15(18)19)20-11(4)14(17)16-12-8-6-5-7-10(12)3/h5-9,11,13H,1-4H3,(H,16,17)(H,18,19). The molecule has 5 heteroatoms. The highest BCUT2D eigenvalue weighted by molar-refractivity contribution is 8.01. The number of carboxylic acid groups (broad SMARTS) is 1. The van der Waals surface area contributed by atoms with E-state index in [0.29, 0.717) is 0 Å². The van der Waals surface area contributed by atoms with Crippen molar-refractivity contribution in [2.24, 2.45) is 5.92 Å². The minimum atomic E-state index is -0.874. The predicted octanol–water partition coefficient (Wildman–Crippen LogP) is 3.16. The molecule has 0 fully saturated rings. The zero-order valence-corrected chi connectivity index (χ0v) is 13.0. The fourth-order valence-corrected chi connectivity index (χ4v) is 2.78. The molecule has 0 heterocycles. The molecule has 2 unspecified atom stereocenters. The van der Waals surface area contributed by atoms with Crippen LogP contribution in [0.25, 0.3) is 0 Å². The van der Waals surface area contributed by atoms with Crippen LogP contribution in [-0.2, 0) is 9.59 Å². The maximum absolute atomic E-state index is 12.1. The van der Waals surface area contributed by atoms with Gasteiger partial charge in [-0.2, -0.15) is 0 Å². The van der Waals surface area contributed by atoms with Crippen LogP contribution in [0.1, 0.15) is 26.3 Å². The van der Waals surface area contributed by atoms with Crippen molar-refractivity contribution in [1.29, 1.82) is 0 Å². The second-order valence-corrected chi connectivity index (χ2v) is 6.57. The number of para-hydroxylation sites is 1. The molecule has 0 saturated heterocycles. The Hall–Kier alpha value is -1.49. The zero-order valence-electron chi connectivity index (χ0n) is 12.2. The van der Waals surface area contributed by atoms with Crippen molar-refractivity contribution < 1.29 is 14.7 Å². The van der Waals surface area contributed by atoms with Gasteiger partial charge in [-0.3, -0.25) is 9.59 Å². The van der Waals surface area contributed by atoms with Gasteiger partial charge in [0.05, 0.1) is 5.25 Å². The van der Waals surface area contributed by atoms with E-state index in [2.05, 4.69) is 5.32 Å². The molecule has 0 bridgehead atoms. The van der Waals surface area contributed by atoms with Crippen molar-refractivity contribution in [2.45, 2.75) is 38.2 Å². The van der Waals surface area contributed by atoms with E-state index >= 15 is 0 Å². The summed E-state index contributed by atoms with van der Waals surface area (Å²) in [6, 6.07) is 7.51. The summed E-state index contributed by atoms with van der Waals surface area (Å²) in [6.45, 7) is 7.34. The van der Waals surface area contributed by atoms with Crippen molar-refractivity contribution in [3.8, 4) is 0 Å². The van der Waals surface area contributed by atoms with Crippen molar-refractivity contribution in [3.63, 3.8) is 0 Å². The summed E-state index contributed by atoms with van der Waals surface area (Å²) in [4.78, 5) is 23.3. The number of amides is 1. The molecule has 1 aromatic rings. The number of thioether (sulfide) groups is 1. The topological polar surface area (TPSA) is 66.4 Å². The Bertz CT molecular complexity index is 488. The van der Waals surface area contributed by atoms with Gasteiger partial charge in [-0.25, -0.2) is 0 Å². The molecule has 0 radical (unpaired) electrons. The highest BCUT2D eigenvalue weighted by Gasteiger charge is 2.27. The number of benzene rings is 1. The van der Waals surface area contributed by atoms with E-state index in [1.165, 1.54) is 11.8 Å². The number of carboxylic acids is 1. The number of carbonyl (C=O) groups is 2. The summed E-state index contributed by atoms with van der Waals surface area (Å²) < 4.78 is 0. The van der Waals surface area contributed by atoms with E-state index in [1.807, 2.05) is 45.0 Å². The molecule has 2 N–H and O–H groups in total. The Morgan fingerprint density at radius 2 is 1.80 bits per heavy atom. The van der Waals surface area contributed by atoms with Gasteiger partial charge in [0.25, 0.3) is 0 Å². The van der Waals surface area contributed by atoms with Gasteiger partial charge in [-0.1, -0.05) is 32.0 Å². The number of hydrogen-bond donors (Lipinski definition) is 2. The van der Waals surface area contributed by atoms with Crippen molar-refractivity contribution in [1.82, 2.24) is 0 Å². The predicted molar refractivity (Wildman–Crippen MR) is 83.1 cm³/mol. The normalized spacial score (nSPS) is 13.8. The van der Waals surface area contributed by atoms with Gasteiger partial charge in [0.2, 0.25) is 5.91 Å². The average molecular weight is 295 g/mol. The number of aryl methyl sites for hydroxylation is 1. The number of aliphatic carboxylic acids is 1. The van der Waals surface area contributed by atoms with Crippen LogP contribution < -0.4 is 5.32 Å². The smallest absolute Gasteiger partial charge is 0.316 e. The summed E-state index contributed by atoms with van der Waals surface area (Å²) in [7, 11) is 0. The molecular formula is C15H21NO3S. The van der Waals surface area contributed by atoms with Crippen LogP contribution in [-0.4, -0.2) is 27.5 Å². The molecule has 0 aliphatic heterocycles. The first kappa shape index (κ1) is 16.6. The number of hydrogen-bond acceptors (Lipinski definition) is 3. The highest BCUT2D eigenvalue weighted by atomic mass is 32.2. The second kappa shape index (κ2) is 7.33. The Labute approximate surface area is 124 Å². The van der Waals surface area contributed by atoms with Gasteiger partial charge < -0.3 is 10.4 Å². The Balaban J connectivity index is 2.68. The lowest BCUT2D eigenvalue weighted by Gasteiger charge is -2.20. The van der Waals surface area contributed by atoms with Crippen LogP contribution in [0.15, 0.2) is 24.3 Å². The van der Waals surface area contributed by atoms with Gasteiger partial charge in [-0.05, 0) is 31.4 Å². The lowest BCUT2D eigenvalue weighted by molar-refractivity contribution is -0.137. The van der Waals surface area contributed by atoms with Crippen LogP contribution >= 0.6 is 11.8 Å². The number of carbonyl (C=O) groups excluding carboxylic acids is 1. The molecule has 2 atom stereocenters. The fraction of sp³-hybridized carbons (Fsp3) is 0.467. The van der Waals surface area contributed by atoms with Crippen LogP contribution in [0.4, 0.5) is 5.69 Å². The van der Waals surface area contributed by atoms with E-state index in [9.17, 15) is 9.59 Å². The SMILES string of the molecule is Cc1ccccc1NC(=O)C(C)SC(C(=O)O)C(C)C. The maximum atomic E-state index is 12.1. The monoisotopic (exact) mass is 295 g/mol. The molecule has 20 heavy (non-hydrogen) atoms. The molecule has 1 aromatic carbocycles. The molecule has 0 saturated carbocycles. The molecule has 0 aromatic heterocycles. The van der Waals surface area contributed by atoms with Crippen LogP contribution in [0.5, 0.6) is 0 Å². The van der Waals surface area contributed by atoms with E-state index in [4.69, 9.17) is 5.11 Å². The summed E-state index contributed by atoms with van der Waals surface area (Å²) in [6.07, 6.45) is 0. The maximum Gasteiger partial charge on any atom is 0.316 e. The third-order valence-electron chi connectivity index (χ3n) is 2.97. The second-order valence-electron chi connectivity index (χ2n) is 5.09. The third kappa shape index (κ3) is 4.56. The van der Waals surface area contributed by atoms with Gasteiger partial charge in [0.15, 0.2) is 0 Å². The number of rotatable bonds is 6. The lowest BCUT2D eigenvalue weighted by atomic mass is 10.1. The Morgan fingerprint density at radius 1 is 1.20 bits per heavy atom. The van der Waals surface area contributed by atoms with E-state index in [1.54, 1.807) is 6.92 Å². The van der Waals surface area contributed by atoms with Gasteiger partial charge in [0.1, 0.15) is 5.25 Å². The van der Waals surface area contributed by atoms with E-state index in [0.717, 1.165) is 11.3 Å². The molecule has 0 aliphatic rings. The molecule has 1 amide bonds. The van der Waals surface area contributed by atoms with Crippen LogP contribution in [0, 0.1) is 12.8 Å². The molecule has 1 rings (SSSR count). The lowest BCUT2D eigenvalue weighted by Crippen LogP contribution is -2.30. The van der Waals surface area contributed by atoms with E-state index in [-0.39, 0.29) is 11.8 Å². The largest absolute Gasteiger partial charge is 0.480 e. The summed E-state index contributed by atoms with van der Waals surface area (Å²) in [5.74, 6) is -1.07. The highest BCUT2D eigenvalue weighted by Crippen LogP contribution is 2.25. The molecular weight excluding hydrogens is 274 g/mol.